The fraction of sp³-hybridized carbons (Fsp3) is 0.231. The van der Waals surface area contributed by atoms with Crippen molar-refractivity contribution in [2.75, 3.05) is 0 Å². The predicted molar refractivity (Wildman–Crippen MR) is 82.8 cm³/mol. The summed E-state index contributed by atoms with van der Waals surface area (Å²) in [5, 5.41) is 11.7. The van der Waals surface area contributed by atoms with Gasteiger partial charge in [-0.05, 0) is 25.5 Å². The van der Waals surface area contributed by atoms with Crippen molar-refractivity contribution in [2.45, 2.75) is 20.4 Å². The minimum absolute atomic E-state index is 0. The maximum atomic E-state index is 7.32. The molecule has 0 spiro atoms. The van der Waals surface area contributed by atoms with Crippen molar-refractivity contribution >= 4 is 30.6 Å². The molecule has 2 aromatic rings. The Morgan fingerprint density at radius 3 is 2.21 bits per heavy atom. The first-order valence-electron chi connectivity index (χ1n) is 5.50. The van der Waals surface area contributed by atoms with Gasteiger partial charge in [0.05, 0.1) is 12.2 Å². The van der Waals surface area contributed by atoms with Gasteiger partial charge in [-0.15, -0.1) is 24.8 Å². The van der Waals surface area contributed by atoms with E-state index in [1.165, 1.54) is 0 Å². The number of nitrogen functional groups attached to an aromatic ring is 1. The third-order valence-corrected chi connectivity index (χ3v) is 2.70. The van der Waals surface area contributed by atoms with Gasteiger partial charge in [-0.1, -0.05) is 24.3 Å². The molecule has 0 atom stereocenters. The summed E-state index contributed by atoms with van der Waals surface area (Å²) < 4.78 is 1.97. The largest absolute Gasteiger partial charge is 0.384 e. The highest BCUT2D eigenvalue weighted by Gasteiger charge is 2.02. The standard InChI is InChI=1S/C13H16N4.2ClH/c1-9-7-10(2)17(16-9)8-11-3-5-12(6-4-11)13(14)15;;/h3-7H,8H2,1-2H3,(H3,14,15);2*1H. The van der Waals surface area contributed by atoms with Crippen LogP contribution in [0.3, 0.4) is 0 Å². The molecule has 6 heteroatoms. The van der Waals surface area contributed by atoms with Gasteiger partial charge in [0.25, 0.3) is 0 Å². The second kappa shape index (κ2) is 7.16. The van der Waals surface area contributed by atoms with E-state index in [0.717, 1.165) is 29.1 Å². The van der Waals surface area contributed by atoms with Crippen LogP contribution in [0, 0.1) is 19.3 Å². The van der Waals surface area contributed by atoms with Gasteiger partial charge in [0, 0.05) is 11.3 Å². The summed E-state index contributed by atoms with van der Waals surface area (Å²) in [5.41, 5.74) is 9.50. The molecule has 0 saturated carbocycles. The lowest BCUT2D eigenvalue weighted by molar-refractivity contribution is 0.659. The Labute approximate surface area is 125 Å². The third kappa shape index (κ3) is 4.26. The van der Waals surface area contributed by atoms with Crippen molar-refractivity contribution in [1.29, 1.82) is 5.41 Å². The molecule has 1 heterocycles. The van der Waals surface area contributed by atoms with Crippen LogP contribution < -0.4 is 5.73 Å². The topological polar surface area (TPSA) is 67.7 Å². The Bertz CT molecular complexity index is 546. The molecular formula is C13H18Cl2N4. The van der Waals surface area contributed by atoms with Crippen molar-refractivity contribution < 1.29 is 0 Å². The summed E-state index contributed by atoms with van der Waals surface area (Å²) in [6, 6.07) is 9.75. The van der Waals surface area contributed by atoms with Gasteiger partial charge in [0.15, 0.2) is 0 Å². The number of hydrogen-bond donors (Lipinski definition) is 2. The first-order chi connectivity index (χ1) is 8.06. The van der Waals surface area contributed by atoms with E-state index >= 15 is 0 Å². The number of nitrogens with two attached hydrogens (primary N) is 1. The van der Waals surface area contributed by atoms with Crippen molar-refractivity contribution in [3.63, 3.8) is 0 Å². The number of benzene rings is 1. The maximum absolute atomic E-state index is 7.32. The zero-order valence-corrected chi connectivity index (χ0v) is 12.5. The molecule has 0 amide bonds. The van der Waals surface area contributed by atoms with Crippen molar-refractivity contribution in [1.82, 2.24) is 9.78 Å². The summed E-state index contributed by atoms with van der Waals surface area (Å²) in [6.07, 6.45) is 0. The zero-order chi connectivity index (χ0) is 12.4. The number of amidine groups is 1. The number of nitrogens with zero attached hydrogens (tertiary/aromatic N) is 2. The molecular weight excluding hydrogens is 283 g/mol. The van der Waals surface area contributed by atoms with Gasteiger partial charge < -0.3 is 5.73 Å². The molecule has 0 unspecified atom stereocenters. The van der Waals surface area contributed by atoms with E-state index in [2.05, 4.69) is 11.2 Å². The lowest BCUT2D eigenvalue weighted by atomic mass is 10.1. The third-order valence-electron chi connectivity index (χ3n) is 2.70. The van der Waals surface area contributed by atoms with Crippen LogP contribution >= 0.6 is 24.8 Å². The Morgan fingerprint density at radius 2 is 1.79 bits per heavy atom. The zero-order valence-electron chi connectivity index (χ0n) is 10.9. The first kappa shape index (κ1) is 17.5. The minimum Gasteiger partial charge on any atom is -0.384 e. The van der Waals surface area contributed by atoms with Crippen LogP contribution in [0.1, 0.15) is 22.5 Å². The number of hydrogen-bond acceptors (Lipinski definition) is 2. The minimum atomic E-state index is 0. The van der Waals surface area contributed by atoms with Crippen LogP contribution in [0.25, 0.3) is 0 Å². The summed E-state index contributed by atoms with van der Waals surface area (Å²) in [6.45, 7) is 4.78. The highest BCUT2D eigenvalue weighted by atomic mass is 35.5. The molecule has 0 saturated heterocycles. The summed E-state index contributed by atoms with van der Waals surface area (Å²) in [7, 11) is 0. The van der Waals surface area contributed by atoms with Crippen molar-refractivity contribution in [3.05, 3.63) is 52.8 Å². The Morgan fingerprint density at radius 1 is 1.21 bits per heavy atom. The summed E-state index contributed by atoms with van der Waals surface area (Å²) >= 11 is 0. The van der Waals surface area contributed by atoms with E-state index in [4.69, 9.17) is 11.1 Å². The summed E-state index contributed by atoms with van der Waals surface area (Å²) in [4.78, 5) is 0. The molecule has 1 aromatic heterocycles. The van der Waals surface area contributed by atoms with Crippen LogP contribution in [-0.2, 0) is 6.54 Å². The van der Waals surface area contributed by atoms with Gasteiger partial charge in [0.2, 0.25) is 0 Å². The molecule has 0 radical (unpaired) electrons. The van der Waals surface area contributed by atoms with E-state index in [1.807, 2.05) is 42.8 Å². The maximum Gasteiger partial charge on any atom is 0.122 e. The van der Waals surface area contributed by atoms with E-state index in [-0.39, 0.29) is 30.6 Å². The number of aromatic nitrogens is 2. The highest BCUT2D eigenvalue weighted by molar-refractivity contribution is 5.94. The lowest BCUT2D eigenvalue weighted by Gasteiger charge is -2.05. The second-order valence-corrected chi connectivity index (χ2v) is 4.20. The van der Waals surface area contributed by atoms with E-state index < -0.39 is 0 Å². The number of halogens is 2. The Balaban J connectivity index is 0.00000162. The SMILES string of the molecule is Cc1cc(C)n(Cc2ccc(C(=N)N)cc2)n1.Cl.Cl. The molecule has 0 aliphatic carbocycles. The number of nitrogens with one attached hydrogen (secondary N) is 1. The van der Waals surface area contributed by atoms with Crippen molar-refractivity contribution in [2.24, 2.45) is 5.73 Å². The fourth-order valence-electron chi connectivity index (χ4n) is 1.80. The van der Waals surface area contributed by atoms with Gasteiger partial charge in [-0.25, -0.2) is 0 Å². The summed E-state index contributed by atoms with van der Waals surface area (Å²) in [5.74, 6) is 0.0997. The van der Waals surface area contributed by atoms with E-state index in [0.29, 0.717) is 0 Å². The first-order valence-corrected chi connectivity index (χ1v) is 5.50. The average molecular weight is 301 g/mol. The lowest BCUT2D eigenvalue weighted by Crippen LogP contribution is -2.11. The van der Waals surface area contributed by atoms with Gasteiger partial charge in [-0.2, -0.15) is 5.10 Å². The van der Waals surface area contributed by atoms with E-state index in [9.17, 15) is 0 Å². The van der Waals surface area contributed by atoms with Crippen LogP contribution in [0.15, 0.2) is 30.3 Å². The molecule has 4 nitrogen and oxygen atoms in total. The highest BCUT2D eigenvalue weighted by Crippen LogP contribution is 2.08. The predicted octanol–water partition coefficient (Wildman–Crippen LogP) is 2.68. The fourth-order valence-corrected chi connectivity index (χ4v) is 1.80. The Hall–Kier alpha value is -1.52. The molecule has 1 aromatic carbocycles. The van der Waals surface area contributed by atoms with Crippen LogP contribution in [0.2, 0.25) is 0 Å². The molecule has 3 N–H and O–H groups in total. The molecule has 0 aliphatic rings. The van der Waals surface area contributed by atoms with Crippen molar-refractivity contribution in [3.8, 4) is 0 Å². The molecule has 0 bridgehead atoms. The van der Waals surface area contributed by atoms with Gasteiger partial charge in [0.1, 0.15) is 5.84 Å². The monoisotopic (exact) mass is 300 g/mol. The molecule has 0 aliphatic heterocycles. The van der Waals surface area contributed by atoms with Crippen LogP contribution in [0.4, 0.5) is 0 Å². The number of aryl methyl sites for hydroxylation is 2. The average Bonchev–Trinajstić information content (AvgIpc) is 2.58. The smallest absolute Gasteiger partial charge is 0.122 e. The Kier molecular flexibility index (Phi) is 6.59. The van der Waals surface area contributed by atoms with E-state index in [1.54, 1.807) is 0 Å². The second-order valence-electron chi connectivity index (χ2n) is 4.20. The molecule has 19 heavy (non-hydrogen) atoms. The molecule has 0 fully saturated rings. The molecule has 2 rings (SSSR count). The quantitative estimate of drug-likeness (QED) is 0.676. The van der Waals surface area contributed by atoms with Crippen LogP contribution in [0.5, 0.6) is 0 Å². The van der Waals surface area contributed by atoms with Gasteiger partial charge in [-0.3, -0.25) is 10.1 Å². The van der Waals surface area contributed by atoms with Gasteiger partial charge >= 0.3 is 0 Å². The molecule has 104 valence electrons. The number of rotatable bonds is 3. The normalized spacial score (nSPS) is 9.37. The van der Waals surface area contributed by atoms with Crippen LogP contribution in [-0.4, -0.2) is 15.6 Å².